The van der Waals surface area contributed by atoms with Crippen molar-refractivity contribution in [2.75, 3.05) is 13.1 Å². The minimum atomic E-state index is -4.93. The Bertz CT molecular complexity index is 796. The summed E-state index contributed by atoms with van der Waals surface area (Å²) in [5.41, 5.74) is -3.72. The molecule has 0 radical (unpaired) electrons. The number of halogens is 6. The van der Waals surface area contributed by atoms with Gasteiger partial charge in [0.1, 0.15) is 11.9 Å². The zero-order valence-electron chi connectivity index (χ0n) is 13.5. The first-order valence-corrected chi connectivity index (χ1v) is 8.09. The summed E-state index contributed by atoms with van der Waals surface area (Å²) in [6, 6.07) is 3.68. The number of likely N-dealkylation sites (tertiary alicyclic amines) is 1. The Morgan fingerprint density at radius 1 is 0.962 bits per heavy atom. The van der Waals surface area contributed by atoms with Gasteiger partial charge < -0.3 is 5.11 Å². The molecule has 1 fully saturated rings. The van der Waals surface area contributed by atoms with Crippen LogP contribution in [0.15, 0.2) is 24.3 Å². The molecule has 3 rings (SSSR count). The lowest BCUT2D eigenvalue weighted by Crippen LogP contribution is -2.34. The molecule has 3 nitrogen and oxygen atoms in total. The third-order valence-corrected chi connectivity index (χ3v) is 4.48. The molecule has 0 spiro atoms. The van der Waals surface area contributed by atoms with Crippen molar-refractivity contribution in [3.8, 4) is 0 Å². The molecule has 2 heterocycles. The van der Waals surface area contributed by atoms with Crippen LogP contribution in [0.25, 0.3) is 10.9 Å². The molecular formula is C17H16F6N2O. The Morgan fingerprint density at radius 3 is 2.19 bits per heavy atom. The van der Waals surface area contributed by atoms with E-state index in [4.69, 9.17) is 0 Å². The van der Waals surface area contributed by atoms with E-state index in [-0.39, 0.29) is 10.9 Å². The minimum absolute atomic E-state index is 0.133. The van der Waals surface area contributed by atoms with E-state index in [1.807, 2.05) is 0 Å². The summed E-state index contributed by atoms with van der Waals surface area (Å²) in [4.78, 5) is 4.79. The van der Waals surface area contributed by atoms with Crippen LogP contribution in [0.3, 0.4) is 0 Å². The van der Waals surface area contributed by atoms with E-state index in [9.17, 15) is 31.4 Å². The lowest BCUT2D eigenvalue weighted by molar-refractivity contribution is -0.142. The topological polar surface area (TPSA) is 36.4 Å². The molecule has 2 aromatic rings. The Morgan fingerprint density at radius 2 is 1.62 bits per heavy atom. The molecule has 26 heavy (non-hydrogen) atoms. The SMILES string of the molecule is OC(c1cc(C(F)(F)F)nc2c(C(F)(F)F)cccc12)N1CCCCC1. The zero-order valence-corrected chi connectivity index (χ0v) is 13.5. The normalized spacial score (nSPS) is 18.3. The lowest BCUT2D eigenvalue weighted by atomic mass is 10.0. The maximum Gasteiger partial charge on any atom is 0.433 e. The van der Waals surface area contributed by atoms with Gasteiger partial charge in [0.05, 0.1) is 11.1 Å². The molecule has 0 bridgehead atoms. The third kappa shape index (κ3) is 3.64. The van der Waals surface area contributed by atoms with Gasteiger partial charge in [-0.2, -0.15) is 26.3 Å². The molecule has 1 aromatic carbocycles. The van der Waals surface area contributed by atoms with E-state index < -0.39 is 35.4 Å². The first-order chi connectivity index (χ1) is 12.1. The number of nitrogens with zero attached hydrogens (tertiary/aromatic N) is 2. The smallest absolute Gasteiger partial charge is 0.374 e. The summed E-state index contributed by atoms with van der Waals surface area (Å²) in [6.45, 7) is 0.927. The Kier molecular flexibility index (Phi) is 4.87. The number of benzene rings is 1. The van der Waals surface area contributed by atoms with E-state index in [1.165, 1.54) is 6.07 Å². The number of aliphatic hydroxyl groups is 1. The second-order valence-electron chi connectivity index (χ2n) is 6.26. The molecule has 0 amide bonds. The monoisotopic (exact) mass is 378 g/mol. The minimum Gasteiger partial charge on any atom is -0.374 e. The van der Waals surface area contributed by atoms with E-state index in [0.717, 1.165) is 25.3 Å². The highest BCUT2D eigenvalue weighted by molar-refractivity contribution is 5.86. The van der Waals surface area contributed by atoms with Crippen molar-refractivity contribution >= 4 is 10.9 Å². The Hall–Kier alpha value is -1.87. The molecule has 1 atom stereocenters. The molecule has 9 heteroatoms. The fourth-order valence-electron chi connectivity index (χ4n) is 3.22. The van der Waals surface area contributed by atoms with Gasteiger partial charge in [-0.05, 0) is 25.0 Å². The van der Waals surface area contributed by atoms with Crippen molar-refractivity contribution in [1.29, 1.82) is 0 Å². The van der Waals surface area contributed by atoms with Gasteiger partial charge >= 0.3 is 12.4 Å². The number of aliphatic hydroxyl groups excluding tert-OH is 1. The molecule has 1 unspecified atom stereocenters. The average Bonchev–Trinajstić information content (AvgIpc) is 2.58. The van der Waals surface area contributed by atoms with Crippen molar-refractivity contribution in [3.05, 3.63) is 41.1 Å². The van der Waals surface area contributed by atoms with Crippen LogP contribution in [0, 0.1) is 0 Å². The number of para-hydroxylation sites is 1. The van der Waals surface area contributed by atoms with Crippen LogP contribution in [-0.4, -0.2) is 28.1 Å². The summed E-state index contributed by atoms with van der Waals surface area (Å²) in [6.07, 6.45) is -8.75. The van der Waals surface area contributed by atoms with Crippen LogP contribution in [0.4, 0.5) is 26.3 Å². The van der Waals surface area contributed by atoms with Gasteiger partial charge in [0.25, 0.3) is 0 Å². The molecule has 1 N–H and O–H groups in total. The number of hydrogen-bond acceptors (Lipinski definition) is 3. The summed E-state index contributed by atoms with van der Waals surface area (Å²) in [5, 5.41) is 10.4. The Labute approximate surface area is 145 Å². The number of alkyl halides is 6. The van der Waals surface area contributed by atoms with Gasteiger partial charge in [-0.3, -0.25) is 4.90 Å². The number of piperidine rings is 1. The number of fused-ring (bicyclic) bond motifs is 1. The maximum atomic E-state index is 13.2. The van der Waals surface area contributed by atoms with Gasteiger partial charge in [-0.15, -0.1) is 0 Å². The summed E-state index contributed by atoms with van der Waals surface area (Å²) < 4.78 is 79.3. The van der Waals surface area contributed by atoms with Crippen molar-refractivity contribution in [3.63, 3.8) is 0 Å². The van der Waals surface area contributed by atoms with E-state index in [1.54, 1.807) is 4.90 Å². The van der Waals surface area contributed by atoms with E-state index in [2.05, 4.69) is 4.98 Å². The molecule has 1 aliphatic heterocycles. The largest absolute Gasteiger partial charge is 0.433 e. The first kappa shape index (κ1) is 18.9. The molecule has 1 saturated heterocycles. The summed E-state index contributed by atoms with van der Waals surface area (Å²) >= 11 is 0. The van der Waals surface area contributed by atoms with Gasteiger partial charge in [-0.25, -0.2) is 4.98 Å². The van der Waals surface area contributed by atoms with Crippen molar-refractivity contribution in [2.45, 2.75) is 37.8 Å². The predicted octanol–water partition coefficient (Wildman–Crippen LogP) is 4.75. The predicted molar refractivity (Wildman–Crippen MR) is 82.1 cm³/mol. The molecule has 142 valence electrons. The van der Waals surface area contributed by atoms with Crippen molar-refractivity contribution in [2.24, 2.45) is 0 Å². The average molecular weight is 378 g/mol. The van der Waals surface area contributed by atoms with Gasteiger partial charge in [-0.1, -0.05) is 18.6 Å². The molecule has 0 aliphatic carbocycles. The molecule has 0 saturated carbocycles. The lowest BCUT2D eigenvalue weighted by Gasteiger charge is -2.32. The number of hydrogen-bond donors (Lipinski definition) is 1. The fourth-order valence-corrected chi connectivity index (χ4v) is 3.22. The van der Waals surface area contributed by atoms with E-state index in [0.29, 0.717) is 25.2 Å². The highest BCUT2D eigenvalue weighted by Crippen LogP contribution is 2.39. The van der Waals surface area contributed by atoms with E-state index >= 15 is 0 Å². The fraction of sp³-hybridized carbons (Fsp3) is 0.471. The quantitative estimate of drug-likeness (QED) is 0.767. The zero-order chi connectivity index (χ0) is 19.1. The third-order valence-electron chi connectivity index (χ3n) is 4.48. The number of pyridine rings is 1. The van der Waals surface area contributed by atoms with Gasteiger partial charge in [0.15, 0.2) is 0 Å². The van der Waals surface area contributed by atoms with Gasteiger partial charge in [0.2, 0.25) is 0 Å². The molecule has 1 aliphatic rings. The number of aromatic nitrogens is 1. The highest BCUT2D eigenvalue weighted by Gasteiger charge is 2.38. The van der Waals surface area contributed by atoms with Crippen LogP contribution in [-0.2, 0) is 12.4 Å². The van der Waals surface area contributed by atoms with Crippen molar-refractivity contribution < 1.29 is 31.4 Å². The molecule has 1 aromatic heterocycles. The standard InChI is InChI=1S/C17H16F6N2O/c18-16(19,20)12-6-4-5-10-11(15(26)25-7-2-1-3-8-25)9-13(17(21,22)23)24-14(10)12/h4-6,9,15,26H,1-3,7-8H2. The first-order valence-electron chi connectivity index (χ1n) is 8.09. The van der Waals surface area contributed by atoms with Crippen LogP contribution >= 0.6 is 0 Å². The second-order valence-corrected chi connectivity index (χ2v) is 6.26. The van der Waals surface area contributed by atoms with Gasteiger partial charge in [0, 0.05) is 24.0 Å². The molecular weight excluding hydrogens is 362 g/mol. The highest BCUT2D eigenvalue weighted by atomic mass is 19.4. The Balaban J connectivity index is 2.23. The van der Waals surface area contributed by atoms with Crippen LogP contribution in [0.2, 0.25) is 0 Å². The van der Waals surface area contributed by atoms with Crippen LogP contribution in [0.1, 0.15) is 42.3 Å². The van der Waals surface area contributed by atoms with Crippen LogP contribution < -0.4 is 0 Å². The maximum absolute atomic E-state index is 13.2. The van der Waals surface area contributed by atoms with Crippen molar-refractivity contribution in [1.82, 2.24) is 9.88 Å². The summed E-state index contributed by atoms with van der Waals surface area (Å²) in [7, 11) is 0. The van der Waals surface area contributed by atoms with Crippen LogP contribution in [0.5, 0.6) is 0 Å². The summed E-state index contributed by atoms with van der Waals surface area (Å²) in [5.74, 6) is 0. The number of rotatable bonds is 2. The second kappa shape index (κ2) is 6.70.